The van der Waals surface area contributed by atoms with E-state index in [9.17, 15) is 9.59 Å². The van der Waals surface area contributed by atoms with Crippen LogP contribution in [0, 0.1) is 0 Å². The first-order valence-corrected chi connectivity index (χ1v) is 8.00. The lowest BCUT2D eigenvalue weighted by atomic mass is 10.1. The maximum absolute atomic E-state index is 11.8. The minimum absolute atomic E-state index is 0.117. The molecule has 22 heavy (non-hydrogen) atoms. The summed E-state index contributed by atoms with van der Waals surface area (Å²) in [6.07, 6.45) is 3.39. The molecule has 2 amide bonds. The fourth-order valence-electron chi connectivity index (χ4n) is 2.61. The average Bonchev–Trinajstić information content (AvgIpc) is 2.58. The average molecular weight is 303 g/mol. The number of nitrogens with zero attached hydrogens (tertiary/aromatic N) is 2. The van der Waals surface area contributed by atoms with Gasteiger partial charge in [-0.2, -0.15) is 0 Å². The minimum atomic E-state index is 0.117. The standard InChI is InChI=1S/C17H25N3O2/c21-15-20-13-11-19(12-14-20)10-8-17(22)18-9-4-7-16-5-2-1-3-6-16/h1-3,5-6,15H,4,7-14H2,(H,18,22). The third-order valence-corrected chi connectivity index (χ3v) is 4.02. The van der Waals surface area contributed by atoms with Crippen LogP contribution in [0.3, 0.4) is 0 Å². The minimum Gasteiger partial charge on any atom is -0.356 e. The molecule has 120 valence electrons. The maximum Gasteiger partial charge on any atom is 0.221 e. The van der Waals surface area contributed by atoms with Crippen molar-refractivity contribution in [1.82, 2.24) is 15.1 Å². The summed E-state index contributed by atoms with van der Waals surface area (Å²) in [5, 5.41) is 2.98. The molecule has 0 bridgehead atoms. The van der Waals surface area contributed by atoms with E-state index in [0.29, 0.717) is 6.42 Å². The van der Waals surface area contributed by atoms with Crippen molar-refractivity contribution in [2.45, 2.75) is 19.3 Å². The Hall–Kier alpha value is -1.88. The Bertz CT molecular complexity index is 456. The number of nitrogens with one attached hydrogen (secondary N) is 1. The summed E-state index contributed by atoms with van der Waals surface area (Å²) < 4.78 is 0. The Morgan fingerprint density at radius 3 is 2.55 bits per heavy atom. The lowest BCUT2D eigenvalue weighted by molar-refractivity contribution is -0.122. The highest BCUT2D eigenvalue weighted by Crippen LogP contribution is 2.02. The molecule has 0 aromatic heterocycles. The van der Waals surface area contributed by atoms with Crippen LogP contribution in [-0.4, -0.2) is 61.4 Å². The first-order chi connectivity index (χ1) is 10.8. The third kappa shape index (κ3) is 5.85. The van der Waals surface area contributed by atoms with Gasteiger partial charge in [-0.3, -0.25) is 14.5 Å². The Labute approximate surface area is 132 Å². The van der Waals surface area contributed by atoms with Gasteiger partial charge in [0.2, 0.25) is 12.3 Å². The van der Waals surface area contributed by atoms with Gasteiger partial charge in [0.25, 0.3) is 0 Å². The van der Waals surface area contributed by atoms with Gasteiger partial charge in [0.05, 0.1) is 0 Å². The summed E-state index contributed by atoms with van der Waals surface area (Å²) in [5.41, 5.74) is 1.31. The molecule has 1 heterocycles. The van der Waals surface area contributed by atoms with Crippen LogP contribution in [0.2, 0.25) is 0 Å². The Balaban J connectivity index is 1.52. The molecular weight excluding hydrogens is 278 g/mol. The molecule has 0 radical (unpaired) electrons. The van der Waals surface area contributed by atoms with Crippen LogP contribution in [-0.2, 0) is 16.0 Å². The molecule has 0 unspecified atom stereocenters. The number of carbonyl (C=O) groups excluding carboxylic acids is 2. The molecule has 5 heteroatoms. The van der Waals surface area contributed by atoms with E-state index < -0.39 is 0 Å². The zero-order valence-electron chi connectivity index (χ0n) is 13.0. The van der Waals surface area contributed by atoms with Crippen molar-refractivity contribution in [3.8, 4) is 0 Å². The van der Waals surface area contributed by atoms with E-state index in [1.165, 1.54) is 5.56 Å². The molecule has 5 nitrogen and oxygen atoms in total. The van der Waals surface area contributed by atoms with Crippen molar-refractivity contribution in [1.29, 1.82) is 0 Å². The molecule has 0 spiro atoms. The van der Waals surface area contributed by atoms with Gasteiger partial charge in [-0.05, 0) is 18.4 Å². The lowest BCUT2D eigenvalue weighted by Crippen LogP contribution is -2.46. The summed E-state index contributed by atoms with van der Waals surface area (Å²) in [6.45, 7) is 4.76. The number of rotatable bonds is 8. The maximum atomic E-state index is 11.8. The number of hydrogen-bond donors (Lipinski definition) is 1. The van der Waals surface area contributed by atoms with E-state index >= 15 is 0 Å². The fourth-order valence-corrected chi connectivity index (χ4v) is 2.61. The van der Waals surface area contributed by atoms with Gasteiger partial charge >= 0.3 is 0 Å². The summed E-state index contributed by atoms with van der Waals surface area (Å²) in [4.78, 5) is 26.5. The summed E-state index contributed by atoms with van der Waals surface area (Å²) in [6, 6.07) is 10.3. The third-order valence-electron chi connectivity index (χ3n) is 4.02. The molecule has 1 aromatic rings. The van der Waals surface area contributed by atoms with Gasteiger partial charge in [0.15, 0.2) is 0 Å². The Morgan fingerprint density at radius 1 is 1.14 bits per heavy atom. The highest BCUT2D eigenvalue weighted by molar-refractivity contribution is 5.76. The molecule has 1 saturated heterocycles. The Kier molecular flexibility index (Phi) is 6.90. The van der Waals surface area contributed by atoms with Crippen LogP contribution >= 0.6 is 0 Å². The van der Waals surface area contributed by atoms with E-state index in [-0.39, 0.29) is 5.91 Å². The van der Waals surface area contributed by atoms with Crippen molar-refractivity contribution in [3.05, 3.63) is 35.9 Å². The van der Waals surface area contributed by atoms with Crippen LogP contribution in [0.5, 0.6) is 0 Å². The van der Waals surface area contributed by atoms with Crippen LogP contribution in [0.25, 0.3) is 0 Å². The van der Waals surface area contributed by atoms with Crippen molar-refractivity contribution in [2.75, 3.05) is 39.3 Å². The number of benzene rings is 1. The summed E-state index contributed by atoms with van der Waals surface area (Å²) in [7, 11) is 0. The van der Waals surface area contributed by atoms with E-state index in [1.807, 2.05) is 18.2 Å². The van der Waals surface area contributed by atoms with Crippen LogP contribution < -0.4 is 5.32 Å². The van der Waals surface area contributed by atoms with Crippen LogP contribution in [0.4, 0.5) is 0 Å². The van der Waals surface area contributed by atoms with Crippen LogP contribution in [0.1, 0.15) is 18.4 Å². The predicted octanol–water partition coefficient (Wildman–Crippen LogP) is 0.900. The second-order valence-electron chi connectivity index (χ2n) is 5.67. The molecule has 2 rings (SSSR count). The number of aryl methyl sites for hydroxylation is 1. The zero-order valence-corrected chi connectivity index (χ0v) is 13.0. The van der Waals surface area contributed by atoms with E-state index in [4.69, 9.17) is 0 Å². The zero-order chi connectivity index (χ0) is 15.6. The smallest absolute Gasteiger partial charge is 0.221 e. The first-order valence-electron chi connectivity index (χ1n) is 8.00. The second kappa shape index (κ2) is 9.20. The van der Waals surface area contributed by atoms with Gasteiger partial charge in [-0.25, -0.2) is 0 Å². The monoisotopic (exact) mass is 303 g/mol. The van der Waals surface area contributed by atoms with Crippen molar-refractivity contribution >= 4 is 12.3 Å². The van der Waals surface area contributed by atoms with E-state index in [1.54, 1.807) is 4.90 Å². The van der Waals surface area contributed by atoms with Gasteiger partial charge in [0, 0.05) is 45.7 Å². The highest BCUT2D eigenvalue weighted by atomic mass is 16.1. The normalized spacial score (nSPS) is 15.5. The SMILES string of the molecule is O=CN1CCN(CCC(=O)NCCCc2ccccc2)CC1. The lowest BCUT2D eigenvalue weighted by Gasteiger charge is -2.32. The van der Waals surface area contributed by atoms with Gasteiger partial charge in [-0.1, -0.05) is 30.3 Å². The number of carbonyl (C=O) groups is 2. The molecule has 1 aromatic carbocycles. The largest absolute Gasteiger partial charge is 0.356 e. The van der Waals surface area contributed by atoms with Crippen LogP contribution in [0.15, 0.2) is 30.3 Å². The fraction of sp³-hybridized carbons (Fsp3) is 0.529. The molecule has 0 atom stereocenters. The highest BCUT2D eigenvalue weighted by Gasteiger charge is 2.15. The van der Waals surface area contributed by atoms with E-state index in [0.717, 1.165) is 58.5 Å². The number of amides is 2. The Morgan fingerprint density at radius 2 is 1.86 bits per heavy atom. The molecule has 1 aliphatic heterocycles. The van der Waals surface area contributed by atoms with Crippen molar-refractivity contribution < 1.29 is 9.59 Å². The molecule has 0 saturated carbocycles. The molecule has 1 fully saturated rings. The van der Waals surface area contributed by atoms with Gasteiger partial charge in [0.1, 0.15) is 0 Å². The summed E-state index contributed by atoms with van der Waals surface area (Å²) in [5.74, 6) is 0.117. The molecular formula is C17H25N3O2. The van der Waals surface area contributed by atoms with E-state index in [2.05, 4.69) is 22.3 Å². The molecule has 0 aliphatic carbocycles. The predicted molar refractivity (Wildman–Crippen MR) is 86.5 cm³/mol. The molecule has 1 N–H and O–H groups in total. The van der Waals surface area contributed by atoms with Gasteiger partial charge < -0.3 is 10.2 Å². The van der Waals surface area contributed by atoms with Gasteiger partial charge in [-0.15, -0.1) is 0 Å². The molecule has 1 aliphatic rings. The first kappa shape index (κ1) is 16.5. The second-order valence-corrected chi connectivity index (χ2v) is 5.67. The topological polar surface area (TPSA) is 52.7 Å². The quantitative estimate of drug-likeness (QED) is 0.573. The van der Waals surface area contributed by atoms with Crippen molar-refractivity contribution in [3.63, 3.8) is 0 Å². The number of hydrogen-bond acceptors (Lipinski definition) is 3. The number of piperazine rings is 1. The van der Waals surface area contributed by atoms with Crippen molar-refractivity contribution in [2.24, 2.45) is 0 Å². The summed E-state index contributed by atoms with van der Waals surface area (Å²) >= 11 is 0.